The predicted molar refractivity (Wildman–Crippen MR) is 340 cm³/mol. The van der Waals surface area contributed by atoms with Crippen molar-refractivity contribution in [2.75, 3.05) is 45.9 Å². The molecule has 2 aliphatic heterocycles. The second kappa shape index (κ2) is 37.5. The summed E-state index contributed by atoms with van der Waals surface area (Å²) in [4.78, 5) is 83.2. The van der Waals surface area contributed by atoms with Crippen molar-refractivity contribution in [1.29, 1.82) is 0 Å². The number of aromatic nitrogens is 3. The normalized spacial score (nSPS) is 20.2. The lowest BCUT2D eigenvalue weighted by atomic mass is 9.99. The quantitative estimate of drug-likeness (QED) is 0.0227. The molecule has 0 radical (unpaired) electrons. The molecule has 0 spiro atoms. The molecule has 5 aromatic rings. The van der Waals surface area contributed by atoms with Gasteiger partial charge < -0.3 is 52.0 Å². The Morgan fingerprint density at radius 1 is 0.585 bits per heavy atom. The highest BCUT2D eigenvalue weighted by molar-refractivity contribution is 5.94. The fourth-order valence-corrected chi connectivity index (χ4v) is 9.85. The number of carbonyl (C=O) groups excluding carboxylic acids is 6. The summed E-state index contributed by atoms with van der Waals surface area (Å²) in [5.74, 6) is 2.40. The van der Waals surface area contributed by atoms with Crippen molar-refractivity contribution in [3.8, 4) is 23.3 Å². The van der Waals surface area contributed by atoms with Crippen LogP contribution in [0, 0.1) is 37.5 Å². The number of hydrogen-bond donors (Lipinski definition) is 8. The number of amides is 6. The third-order valence-corrected chi connectivity index (χ3v) is 15.2. The van der Waals surface area contributed by atoms with Crippen LogP contribution in [-0.2, 0) is 73.3 Å². The third-order valence-electron chi connectivity index (χ3n) is 15.2. The molecule has 1 aromatic heterocycles. The highest BCUT2D eigenvalue weighted by Gasteiger charge is 2.36. The Balaban J connectivity index is 0.000000323. The van der Waals surface area contributed by atoms with Crippen LogP contribution in [0.3, 0.4) is 0 Å². The molecule has 8 N–H and O–H groups in total. The predicted octanol–water partition coefficient (Wildman–Crippen LogP) is 7.19. The first-order valence-electron chi connectivity index (χ1n) is 30.9. The molecule has 508 valence electrons. The fraction of sp³-hybridized carbons (Fsp3) is 0.485. The van der Waals surface area contributed by atoms with E-state index in [0.717, 1.165) is 41.1 Å². The maximum Gasteiger partial charge on any atom is 0.416 e. The van der Waals surface area contributed by atoms with E-state index in [2.05, 4.69) is 74.7 Å². The molecule has 0 fully saturated rings. The van der Waals surface area contributed by atoms with Gasteiger partial charge in [-0.1, -0.05) is 111 Å². The summed E-state index contributed by atoms with van der Waals surface area (Å²) in [5, 5.41) is 34.2. The summed E-state index contributed by atoms with van der Waals surface area (Å²) in [5.41, 5.74) is 10.9. The fourth-order valence-electron chi connectivity index (χ4n) is 9.85. The van der Waals surface area contributed by atoms with E-state index in [-0.39, 0.29) is 57.8 Å². The Morgan fingerprint density at radius 3 is 1.43 bits per heavy atom. The van der Waals surface area contributed by atoms with Crippen molar-refractivity contribution in [3.63, 3.8) is 0 Å². The van der Waals surface area contributed by atoms with Crippen LogP contribution >= 0.6 is 0 Å². The first-order chi connectivity index (χ1) is 44.7. The molecule has 6 atom stereocenters. The summed E-state index contributed by atoms with van der Waals surface area (Å²) in [6.07, 6.45) is -6.91. The Morgan fingerprint density at radius 2 is 1.02 bits per heavy atom. The average Bonchev–Trinajstić information content (AvgIpc) is 1.41. The molecular formula is C66H84F6N14O8. The monoisotopic (exact) mass is 1310 g/mol. The second-order valence-electron chi connectivity index (χ2n) is 23.0. The Kier molecular flexibility index (Phi) is 30.1. The number of para-hydroxylation sites is 2. The van der Waals surface area contributed by atoms with Gasteiger partial charge in [0.25, 0.3) is 0 Å². The summed E-state index contributed by atoms with van der Waals surface area (Å²) < 4.78 is 93.9. The number of benzene rings is 4. The highest BCUT2D eigenvalue weighted by Crippen LogP contribution is 2.31. The van der Waals surface area contributed by atoms with Crippen LogP contribution in [0.15, 0.2) is 102 Å². The molecule has 0 unspecified atom stereocenters. The first kappa shape index (κ1) is 75.5. The lowest BCUT2D eigenvalue weighted by Crippen LogP contribution is -2.59. The molecule has 94 heavy (non-hydrogen) atoms. The molecule has 0 saturated heterocycles. The topological polar surface area (TPSA) is 297 Å². The van der Waals surface area contributed by atoms with E-state index in [9.17, 15) is 55.1 Å². The number of carbonyl (C=O) groups is 6. The molecular weight excluding hydrogens is 1230 g/mol. The van der Waals surface area contributed by atoms with Gasteiger partial charge in [-0.2, -0.15) is 26.3 Å². The van der Waals surface area contributed by atoms with E-state index in [0.29, 0.717) is 61.5 Å². The number of azide groups is 1. The van der Waals surface area contributed by atoms with Crippen LogP contribution in [-0.4, -0.2) is 133 Å². The van der Waals surface area contributed by atoms with Gasteiger partial charge in [0.2, 0.25) is 35.4 Å². The third kappa shape index (κ3) is 24.4. The van der Waals surface area contributed by atoms with Gasteiger partial charge in [-0.25, -0.2) is 4.68 Å². The van der Waals surface area contributed by atoms with Gasteiger partial charge in [-0.3, -0.25) is 28.8 Å². The number of alkyl halides is 6. The van der Waals surface area contributed by atoms with Crippen LogP contribution in [0.25, 0.3) is 10.4 Å². The SMILES string of the molecule is CC#CC.CC(C)[C@H]1NC(=O)[C@@H](Cc2cccc(C(F)(F)F)c2)NCCOc2ccccc2CCCNC(=O)[C@H](CN=[N+]=[N-])NC1=O.Cc1nnn(C[C@@H]2NC(=O)[C@@H](C(C)C)NC(=O)[C@@H](Cc3cccc(C(F)(F)F)c3)NCCOc3ccccc3CCCNC2=O)c1C. The molecule has 28 heteroatoms. The minimum Gasteiger partial charge on any atom is -0.492 e. The summed E-state index contributed by atoms with van der Waals surface area (Å²) in [6.45, 7) is 15.2. The Labute approximate surface area is 543 Å². The number of ether oxygens (including phenoxy) is 2. The highest BCUT2D eigenvalue weighted by atomic mass is 19.4. The maximum absolute atomic E-state index is 13.7. The van der Waals surface area contributed by atoms with Crippen molar-refractivity contribution >= 4 is 35.4 Å². The van der Waals surface area contributed by atoms with Gasteiger partial charge in [0.05, 0.1) is 47.7 Å². The van der Waals surface area contributed by atoms with Crippen molar-refractivity contribution in [1.82, 2.24) is 57.5 Å². The molecule has 2 aliphatic rings. The van der Waals surface area contributed by atoms with E-state index >= 15 is 0 Å². The zero-order valence-corrected chi connectivity index (χ0v) is 54.0. The lowest BCUT2D eigenvalue weighted by Gasteiger charge is -2.28. The zero-order valence-electron chi connectivity index (χ0n) is 54.0. The molecule has 4 aromatic carbocycles. The van der Waals surface area contributed by atoms with E-state index in [1.165, 1.54) is 28.9 Å². The smallest absolute Gasteiger partial charge is 0.416 e. The summed E-state index contributed by atoms with van der Waals surface area (Å²) in [6, 6.07) is 18.0. The number of nitrogens with zero attached hydrogens (tertiary/aromatic N) is 6. The minimum absolute atomic E-state index is 0.0133. The summed E-state index contributed by atoms with van der Waals surface area (Å²) in [7, 11) is 0. The van der Waals surface area contributed by atoms with E-state index in [4.69, 9.17) is 15.0 Å². The lowest BCUT2D eigenvalue weighted by molar-refractivity contribution is -0.138. The van der Waals surface area contributed by atoms with Gasteiger partial charge >= 0.3 is 12.4 Å². The van der Waals surface area contributed by atoms with Gasteiger partial charge in [0.1, 0.15) is 48.9 Å². The van der Waals surface area contributed by atoms with Crippen LogP contribution in [0.4, 0.5) is 26.3 Å². The molecule has 0 saturated carbocycles. The van der Waals surface area contributed by atoms with Gasteiger partial charge in [-0.15, -0.1) is 16.9 Å². The molecule has 0 bridgehead atoms. The minimum atomic E-state index is -4.55. The zero-order chi connectivity index (χ0) is 69.0. The largest absolute Gasteiger partial charge is 0.492 e. The van der Waals surface area contributed by atoms with Gasteiger partial charge in [-0.05, 0) is 130 Å². The van der Waals surface area contributed by atoms with E-state index in [1.807, 2.05) is 63.2 Å². The van der Waals surface area contributed by atoms with Gasteiger partial charge in [0.15, 0.2) is 0 Å². The van der Waals surface area contributed by atoms with Crippen LogP contribution in [0.1, 0.15) is 99.2 Å². The first-order valence-corrected chi connectivity index (χ1v) is 30.9. The Bertz CT molecular complexity index is 3430. The molecule has 0 aliphatic carbocycles. The van der Waals surface area contributed by atoms with Crippen molar-refractivity contribution in [3.05, 3.63) is 152 Å². The van der Waals surface area contributed by atoms with Crippen LogP contribution < -0.4 is 52.0 Å². The summed E-state index contributed by atoms with van der Waals surface area (Å²) >= 11 is 0. The van der Waals surface area contributed by atoms with Crippen LogP contribution in [0.2, 0.25) is 0 Å². The number of nitrogens with one attached hydrogen (secondary N) is 8. The molecule has 3 heterocycles. The van der Waals surface area contributed by atoms with E-state index < -0.39 is 107 Å². The van der Waals surface area contributed by atoms with Crippen molar-refractivity contribution in [2.45, 2.75) is 149 Å². The number of halogens is 6. The molecule has 7 rings (SSSR count). The molecule has 6 amide bonds. The number of aryl methyl sites for hydroxylation is 3. The van der Waals surface area contributed by atoms with Crippen molar-refractivity contribution < 1.29 is 64.6 Å². The molecule has 22 nitrogen and oxygen atoms in total. The number of rotatable bonds is 10. The van der Waals surface area contributed by atoms with Gasteiger partial charge in [0, 0.05) is 31.1 Å². The standard InChI is InChI=1S/C33H42F3N7O4.C29H36F3N7O4.C4H6/c1-20(2)29-32(46)39-27(19-43-22(4)21(3)41-42-43)30(44)38-14-8-11-24-10-5-6-13-28(24)47-16-15-37-26(31(45)40-29)18-23-9-7-12-25(17-23)33(34,35)36;1-18(2)25-28(42)37-23(17-36-39-33)26(40)35-12-6-9-20-8-3-4-11-24(20)43-14-13-34-22(27(41)38-25)16-19-7-5-10-21(15-19)29(30,31)32;1-3-4-2/h5-7,9-10,12-13,17,20,26-27,29,37H,8,11,14-16,18-19H2,1-4H3,(H,38,44)(H,39,46)(H,40,45);3-5,7-8,10-11,15,18,22-23,25,34H,6,9,12-14,16-17H2,1-2H3,(H,35,40)(H,37,42)(H,38,41);1-2H3/t26-,27+,29-;22-,23+,25-;/m11./s1. The Hall–Kier alpha value is -9.19. The average molecular weight is 1320 g/mol. The van der Waals surface area contributed by atoms with Crippen LogP contribution in [0.5, 0.6) is 11.5 Å². The second-order valence-corrected chi connectivity index (χ2v) is 23.0. The maximum atomic E-state index is 13.7. The number of fused-ring (bicyclic) bond motifs is 2. The van der Waals surface area contributed by atoms with Crippen molar-refractivity contribution in [2.24, 2.45) is 17.0 Å². The number of hydrogen-bond acceptors (Lipinski definition) is 13. The van der Waals surface area contributed by atoms with E-state index in [1.54, 1.807) is 40.7 Å².